The van der Waals surface area contributed by atoms with Crippen LogP contribution in [0.25, 0.3) is 49.7 Å². The summed E-state index contributed by atoms with van der Waals surface area (Å²) in [5.41, 5.74) is 11.9. The minimum Gasteiger partial charge on any atom is -0.309 e. The van der Waals surface area contributed by atoms with Gasteiger partial charge in [0.2, 0.25) is 0 Å². The number of aromatic nitrogens is 1. The summed E-state index contributed by atoms with van der Waals surface area (Å²) in [6, 6.07) is 41.9. The highest BCUT2D eigenvalue weighted by Gasteiger charge is 2.21. The van der Waals surface area contributed by atoms with E-state index < -0.39 is 0 Å². The van der Waals surface area contributed by atoms with E-state index in [1.807, 2.05) is 0 Å². The van der Waals surface area contributed by atoms with Crippen molar-refractivity contribution in [2.45, 2.75) is 6.42 Å². The molecule has 0 unspecified atom stereocenters. The van der Waals surface area contributed by atoms with Gasteiger partial charge in [-0.1, -0.05) is 91.0 Å². The molecule has 1 aromatic heterocycles. The molecule has 1 heteroatoms. The van der Waals surface area contributed by atoms with Gasteiger partial charge < -0.3 is 4.57 Å². The third-order valence-corrected chi connectivity index (χ3v) is 6.85. The van der Waals surface area contributed by atoms with Crippen LogP contribution in [-0.4, -0.2) is 4.57 Å². The van der Waals surface area contributed by atoms with Crippen LogP contribution in [0, 0.1) is 0 Å². The summed E-state index contributed by atoms with van der Waals surface area (Å²) in [5.74, 6) is 0. The van der Waals surface area contributed by atoms with E-state index in [1.165, 1.54) is 60.9 Å². The number of hydrogen-bond acceptors (Lipinski definition) is 0. The van der Waals surface area contributed by atoms with Gasteiger partial charge in [-0.3, -0.25) is 0 Å². The zero-order chi connectivity index (χ0) is 21.1. The quantitative estimate of drug-likeness (QED) is 0.273. The van der Waals surface area contributed by atoms with Crippen molar-refractivity contribution in [1.82, 2.24) is 4.57 Å². The Kier molecular flexibility index (Phi) is 3.68. The van der Waals surface area contributed by atoms with Gasteiger partial charge in [0.25, 0.3) is 0 Å². The summed E-state index contributed by atoms with van der Waals surface area (Å²) in [6.45, 7) is 0. The minimum absolute atomic E-state index is 1.00. The Morgan fingerprint density at radius 2 is 1.22 bits per heavy atom. The summed E-state index contributed by atoms with van der Waals surface area (Å²) < 4.78 is 2.39. The number of hydrogen-bond donors (Lipinski definition) is 0. The molecular weight excluding hydrogens is 386 g/mol. The van der Waals surface area contributed by atoms with Crippen molar-refractivity contribution in [3.05, 3.63) is 126 Å². The fourth-order valence-electron chi connectivity index (χ4n) is 5.42. The zero-order valence-electron chi connectivity index (χ0n) is 17.6. The Bertz CT molecular complexity index is 1640. The Labute approximate surface area is 187 Å². The van der Waals surface area contributed by atoms with Crippen LogP contribution in [0.1, 0.15) is 11.1 Å². The predicted molar refractivity (Wildman–Crippen MR) is 134 cm³/mol. The third-order valence-electron chi connectivity index (χ3n) is 6.85. The molecule has 0 bridgehead atoms. The second kappa shape index (κ2) is 6.70. The van der Waals surface area contributed by atoms with Crippen molar-refractivity contribution in [1.29, 1.82) is 0 Å². The van der Waals surface area contributed by atoms with Crippen molar-refractivity contribution < 1.29 is 0 Å². The lowest BCUT2D eigenvalue weighted by Crippen LogP contribution is -1.94. The van der Waals surface area contributed by atoms with E-state index in [1.54, 1.807) is 0 Å². The Balaban J connectivity index is 1.50. The molecule has 7 rings (SSSR count). The van der Waals surface area contributed by atoms with E-state index in [2.05, 4.69) is 120 Å². The molecule has 6 aromatic rings. The predicted octanol–water partition coefficient (Wildman–Crippen LogP) is 8.02. The van der Waals surface area contributed by atoms with Gasteiger partial charge in [-0.05, 0) is 64.1 Å². The van der Waals surface area contributed by atoms with Gasteiger partial charge in [-0.2, -0.15) is 0 Å². The molecule has 0 saturated heterocycles. The molecule has 1 aliphatic rings. The van der Waals surface area contributed by atoms with Gasteiger partial charge in [0.05, 0.1) is 11.0 Å². The highest BCUT2D eigenvalue weighted by molar-refractivity contribution is 6.10. The molecule has 5 aromatic carbocycles. The zero-order valence-corrected chi connectivity index (χ0v) is 17.6. The van der Waals surface area contributed by atoms with E-state index in [4.69, 9.17) is 0 Å². The fourth-order valence-corrected chi connectivity index (χ4v) is 5.42. The molecule has 0 radical (unpaired) electrons. The van der Waals surface area contributed by atoms with Crippen molar-refractivity contribution in [3.8, 4) is 27.9 Å². The first kappa shape index (κ1) is 17.6. The molecule has 32 heavy (non-hydrogen) atoms. The Morgan fingerprint density at radius 3 is 2.16 bits per heavy atom. The summed E-state index contributed by atoms with van der Waals surface area (Å²) in [7, 11) is 0. The van der Waals surface area contributed by atoms with Crippen LogP contribution < -0.4 is 0 Å². The van der Waals surface area contributed by atoms with Crippen LogP contribution in [0.5, 0.6) is 0 Å². The van der Waals surface area contributed by atoms with Gasteiger partial charge in [0.1, 0.15) is 0 Å². The monoisotopic (exact) mass is 407 g/mol. The number of rotatable bonds is 2. The highest BCUT2D eigenvalue weighted by Crippen LogP contribution is 2.42. The number of para-hydroxylation sites is 2. The van der Waals surface area contributed by atoms with Crippen LogP contribution in [0.15, 0.2) is 115 Å². The van der Waals surface area contributed by atoms with Crippen LogP contribution >= 0.6 is 0 Å². The summed E-state index contributed by atoms with van der Waals surface area (Å²) in [6.07, 6.45) is 1.00. The molecule has 1 nitrogen and oxygen atoms in total. The normalized spacial score (nSPS) is 12.2. The molecule has 0 amide bonds. The lowest BCUT2D eigenvalue weighted by molar-refractivity contribution is 1.18. The van der Waals surface area contributed by atoms with Gasteiger partial charge in [0.15, 0.2) is 0 Å². The van der Waals surface area contributed by atoms with E-state index in [9.17, 15) is 0 Å². The fraction of sp³-hybridized carbons (Fsp3) is 0.0323. The maximum Gasteiger partial charge on any atom is 0.0547 e. The SMILES string of the molecule is c1ccc(-n2c3ccccc3c3ccc(-c4cccc5c4Cc4ccccc4-5)cc32)cc1. The van der Waals surface area contributed by atoms with E-state index >= 15 is 0 Å². The molecule has 150 valence electrons. The molecule has 0 spiro atoms. The summed E-state index contributed by atoms with van der Waals surface area (Å²) in [4.78, 5) is 0. The third kappa shape index (κ3) is 2.45. The van der Waals surface area contributed by atoms with Crippen LogP contribution in [-0.2, 0) is 6.42 Å². The van der Waals surface area contributed by atoms with Crippen molar-refractivity contribution in [2.24, 2.45) is 0 Å². The van der Waals surface area contributed by atoms with Crippen molar-refractivity contribution >= 4 is 21.8 Å². The lowest BCUT2D eigenvalue weighted by Gasteiger charge is -2.11. The van der Waals surface area contributed by atoms with E-state index in [-0.39, 0.29) is 0 Å². The molecule has 0 aliphatic heterocycles. The van der Waals surface area contributed by atoms with Gasteiger partial charge in [-0.15, -0.1) is 0 Å². The van der Waals surface area contributed by atoms with E-state index in [0.29, 0.717) is 0 Å². The summed E-state index contributed by atoms with van der Waals surface area (Å²) >= 11 is 0. The van der Waals surface area contributed by atoms with Crippen LogP contribution in [0.4, 0.5) is 0 Å². The molecular formula is C31H21N. The maximum atomic E-state index is 2.39. The van der Waals surface area contributed by atoms with Crippen LogP contribution in [0.3, 0.4) is 0 Å². The molecule has 0 N–H and O–H groups in total. The number of fused-ring (bicyclic) bond motifs is 6. The summed E-state index contributed by atoms with van der Waals surface area (Å²) in [5, 5.41) is 2.59. The van der Waals surface area contributed by atoms with Crippen molar-refractivity contribution in [2.75, 3.05) is 0 Å². The largest absolute Gasteiger partial charge is 0.309 e. The molecule has 0 atom stereocenters. The first-order chi connectivity index (χ1) is 15.9. The molecule has 0 saturated carbocycles. The standard InChI is InChI=1S/C31H21N/c1-2-10-23(11-3-1)32-30-16-7-6-13-27(30)28-18-17-22(20-31(28)32)25-14-8-15-26-24-12-5-4-9-21(24)19-29(25)26/h1-18,20H,19H2. The van der Waals surface area contributed by atoms with Gasteiger partial charge in [-0.25, -0.2) is 0 Å². The van der Waals surface area contributed by atoms with Crippen LogP contribution in [0.2, 0.25) is 0 Å². The first-order valence-corrected chi connectivity index (χ1v) is 11.2. The molecule has 1 aliphatic carbocycles. The maximum absolute atomic E-state index is 2.39. The average molecular weight is 408 g/mol. The Hall–Kier alpha value is -4.10. The first-order valence-electron chi connectivity index (χ1n) is 11.2. The second-order valence-electron chi connectivity index (χ2n) is 8.59. The minimum atomic E-state index is 1.00. The highest BCUT2D eigenvalue weighted by atomic mass is 15.0. The van der Waals surface area contributed by atoms with E-state index in [0.717, 1.165) is 6.42 Å². The number of benzene rings is 5. The lowest BCUT2D eigenvalue weighted by atomic mass is 9.95. The Morgan fingerprint density at radius 1 is 0.500 bits per heavy atom. The smallest absolute Gasteiger partial charge is 0.0547 e. The van der Waals surface area contributed by atoms with Gasteiger partial charge in [0, 0.05) is 16.5 Å². The van der Waals surface area contributed by atoms with Gasteiger partial charge >= 0.3 is 0 Å². The number of nitrogens with zero attached hydrogens (tertiary/aromatic N) is 1. The van der Waals surface area contributed by atoms with Crippen molar-refractivity contribution in [3.63, 3.8) is 0 Å². The molecule has 1 heterocycles. The topological polar surface area (TPSA) is 4.93 Å². The average Bonchev–Trinajstić information content (AvgIpc) is 3.40. The molecule has 0 fully saturated rings. The second-order valence-corrected chi connectivity index (χ2v) is 8.59.